The molecule has 0 aliphatic heterocycles. The summed E-state index contributed by atoms with van der Waals surface area (Å²) in [5.74, 6) is 0.389. The number of nitrogens with one attached hydrogen (secondary N) is 2. The van der Waals surface area contributed by atoms with Crippen LogP contribution in [0.3, 0.4) is 0 Å². The molecule has 0 aromatic heterocycles. The van der Waals surface area contributed by atoms with Crippen LogP contribution in [0.4, 0.5) is 5.69 Å². The minimum atomic E-state index is -0.0880. The van der Waals surface area contributed by atoms with Crippen LogP contribution in [0.1, 0.15) is 33.6 Å². The minimum Gasteiger partial charge on any atom is -0.353 e. The van der Waals surface area contributed by atoms with Crippen LogP contribution in [0.2, 0.25) is 0 Å². The van der Waals surface area contributed by atoms with Gasteiger partial charge in [-0.25, -0.2) is 0 Å². The van der Waals surface area contributed by atoms with Crippen LogP contribution >= 0.6 is 11.8 Å². The number of benzene rings is 1. The summed E-state index contributed by atoms with van der Waals surface area (Å²) in [4.78, 5) is 23.7. The number of rotatable bonds is 7. The van der Waals surface area contributed by atoms with E-state index in [0.717, 1.165) is 23.4 Å². The summed E-state index contributed by atoms with van der Waals surface area (Å²) >= 11 is 1.49. The molecule has 0 heterocycles. The van der Waals surface area contributed by atoms with Crippen molar-refractivity contribution in [1.29, 1.82) is 0 Å². The Morgan fingerprint density at radius 2 is 1.75 bits per heavy atom. The van der Waals surface area contributed by atoms with Gasteiger partial charge in [-0.05, 0) is 37.1 Å². The molecule has 0 aliphatic carbocycles. The zero-order chi connectivity index (χ0) is 15.0. The van der Waals surface area contributed by atoms with Crippen LogP contribution in [0.15, 0.2) is 29.2 Å². The van der Waals surface area contributed by atoms with E-state index >= 15 is 0 Å². The van der Waals surface area contributed by atoms with Gasteiger partial charge in [0.1, 0.15) is 0 Å². The van der Waals surface area contributed by atoms with Crippen LogP contribution in [0.5, 0.6) is 0 Å². The lowest BCUT2D eigenvalue weighted by Crippen LogP contribution is -2.34. The van der Waals surface area contributed by atoms with Crippen molar-refractivity contribution in [1.82, 2.24) is 5.32 Å². The first-order chi connectivity index (χ1) is 9.55. The van der Waals surface area contributed by atoms with Gasteiger partial charge in [0.05, 0.1) is 5.75 Å². The zero-order valence-electron chi connectivity index (χ0n) is 12.2. The Bertz CT molecular complexity index is 442. The number of carbonyl (C=O) groups excluding carboxylic acids is 2. The SMILES string of the molecule is CCC(CC)NC(=O)CSc1ccc(NC(C)=O)cc1. The van der Waals surface area contributed by atoms with E-state index in [-0.39, 0.29) is 17.9 Å². The Labute approximate surface area is 124 Å². The normalized spacial score (nSPS) is 10.4. The fraction of sp³-hybridized carbons (Fsp3) is 0.467. The predicted molar refractivity (Wildman–Crippen MR) is 84.0 cm³/mol. The highest BCUT2D eigenvalue weighted by molar-refractivity contribution is 8.00. The molecule has 0 saturated heterocycles. The first-order valence-electron chi connectivity index (χ1n) is 6.85. The first kappa shape index (κ1) is 16.6. The van der Waals surface area contributed by atoms with Crippen LogP contribution < -0.4 is 10.6 Å². The third-order valence-electron chi connectivity index (χ3n) is 2.90. The molecule has 0 bridgehead atoms. The van der Waals surface area contributed by atoms with Gasteiger partial charge in [-0.2, -0.15) is 0 Å². The molecule has 2 amide bonds. The number of anilines is 1. The lowest BCUT2D eigenvalue weighted by atomic mass is 10.2. The molecule has 0 unspecified atom stereocenters. The second-order valence-electron chi connectivity index (χ2n) is 4.58. The Morgan fingerprint density at radius 3 is 2.25 bits per heavy atom. The molecule has 2 N–H and O–H groups in total. The van der Waals surface area contributed by atoms with Gasteiger partial charge in [-0.3, -0.25) is 9.59 Å². The molecule has 0 fully saturated rings. The van der Waals surface area contributed by atoms with Crippen molar-refractivity contribution in [3.63, 3.8) is 0 Å². The van der Waals surface area contributed by atoms with Gasteiger partial charge in [-0.1, -0.05) is 13.8 Å². The Morgan fingerprint density at radius 1 is 1.15 bits per heavy atom. The number of hydrogen-bond donors (Lipinski definition) is 2. The van der Waals surface area contributed by atoms with E-state index in [1.807, 2.05) is 24.3 Å². The fourth-order valence-corrected chi connectivity index (χ4v) is 2.46. The predicted octanol–water partition coefficient (Wildman–Crippen LogP) is 3.04. The monoisotopic (exact) mass is 294 g/mol. The van der Waals surface area contributed by atoms with Gasteiger partial charge >= 0.3 is 0 Å². The van der Waals surface area contributed by atoms with E-state index in [1.165, 1.54) is 18.7 Å². The van der Waals surface area contributed by atoms with Crippen molar-refractivity contribution in [3.8, 4) is 0 Å². The van der Waals surface area contributed by atoms with Crippen molar-refractivity contribution in [2.24, 2.45) is 0 Å². The number of thioether (sulfide) groups is 1. The average Bonchev–Trinajstić information content (AvgIpc) is 2.43. The average molecular weight is 294 g/mol. The van der Waals surface area contributed by atoms with Crippen LogP contribution in [0, 0.1) is 0 Å². The smallest absolute Gasteiger partial charge is 0.230 e. The molecule has 0 atom stereocenters. The van der Waals surface area contributed by atoms with Crippen molar-refractivity contribution in [2.45, 2.75) is 44.6 Å². The van der Waals surface area contributed by atoms with Gasteiger partial charge in [0, 0.05) is 23.5 Å². The first-order valence-corrected chi connectivity index (χ1v) is 7.83. The highest BCUT2D eigenvalue weighted by atomic mass is 32.2. The van der Waals surface area contributed by atoms with Crippen molar-refractivity contribution < 1.29 is 9.59 Å². The third kappa shape index (κ3) is 6.10. The molecule has 110 valence electrons. The van der Waals surface area contributed by atoms with Gasteiger partial charge in [0.25, 0.3) is 0 Å². The molecule has 0 spiro atoms. The lowest BCUT2D eigenvalue weighted by Gasteiger charge is -2.14. The summed E-state index contributed by atoms with van der Waals surface area (Å²) in [6, 6.07) is 7.75. The number of amides is 2. The van der Waals surface area contributed by atoms with E-state index in [1.54, 1.807) is 0 Å². The second kappa shape index (κ2) is 8.64. The number of hydrogen-bond acceptors (Lipinski definition) is 3. The largest absolute Gasteiger partial charge is 0.353 e. The lowest BCUT2D eigenvalue weighted by molar-refractivity contribution is -0.119. The zero-order valence-corrected chi connectivity index (χ0v) is 13.0. The third-order valence-corrected chi connectivity index (χ3v) is 3.91. The topological polar surface area (TPSA) is 58.2 Å². The molecule has 1 aromatic carbocycles. The van der Waals surface area contributed by atoms with Gasteiger partial charge in [-0.15, -0.1) is 11.8 Å². The van der Waals surface area contributed by atoms with Crippen molar-refractivity contribution >= 4 is 29.3 Å². The molecule has 5 heteroatoms. The van der Waals surface area contributed by atoms with Gasteiger partial charge < -0.3 is 10.6 Å². The van der Waals surface area contributed by atoms with Gasteiger partial charge in [0.15, 0.2) is 0 Å². The van der Waals surface area contributed by atoms with Crippen LogP contribution in [0.25, 0.3) is 0 Å². The summed E-state index contributed by atoms with van der Waals surface area (Å²) in [5.41, 5.74) is 0.767. The molecule has 4 nitrogen and oxygen atoms in total. The molecular weight excluding hydrogens is 272 g/mol. The van der Waals surface area contributed by atoms with E-state index in [9.17, 15) is 9.59 Å². The van der Waals surface area contributed by atoms with E-state index in [0.29, 0.717) is 5.75 Å². The summed E-state index contributed by atoms with van der Waals surface area (Å²) in [6.45, 7) is 5.62. The second-order valence-corrected chi connectivity index (χ2v) is 5.62. The van der Waals surface area contributed by atoms with E-state index < -0.39 is 0 Å². The molecule has 1 rings (SSSR count). The van der Waals surface area contributed by atoms with Crippen molar-refractivity contribution in [2.75, 3.05) is 11.1 Å². The Balaban J connectivity index is 2.41. The molecule has 0 radical (unpaired) electrons. The summed E-state index contributed by atoms with van der Waals surface area (Å²) < 4.78 is 0. The van der Waals surface area contributed by atoms with Gasteiger partial charge in [0.2, 0.25) is 11.8 Å². The standard InChI is InChI=1S/C15H22N2O2S/c1-4-12(5-2)17-15(19)10-20-14-8-6-13(7-9-14)16-11(3)18/h6-9,12H,4-5,10H2,1-3H3,(H,16,18)(H,17,19). The van der Waals surface area contributed by atoms with E-state index in [4.69, 9.17) is 0 Å². The highest BCUT2D eigenvalue weighted by Gasteiger charge is 2.08. The Hall–Kier alpha value is -1.49. The number of carbonyl (C=O) groups is 2. The molecule has 0 aliphatic rings. The Kier molecular flexibility index (Phi) is 7.15. The summed E-state index contributed by atoms with van der Waals surface area (Å²) in [5, 5.41) is 5.72. The van der Waals surface area contributed by atoms with Crippen molar-refractivity contribution in [3.05, 3.63) is 24.3 Å². The highest BCUT2D eigenvalue weighted by Crippen LogP contribution is 2.20. The molecule has 0 saturated carbocycles. The van der Waals surface area contributed by atoms with Crippen LogP contribution in [-0.4, -0.2) is 23.6 Å². The fourth-order valence-electron chi connectivity index (χ4n) is 1.75. The quantitative estimate of drug-likeness (QED) is 0.760. The van der Waals surface area contributed by atoms with Crippen LogP contribution in [-0.2, 0) is 9.59 Å². The summed E-state index contributed by atoms with van der Waals surface area (Å²) in [6.07, 6.45) is 1.91. The van der Waals surface area contributed by atoms with E-state index in [2.05, 4.69) is 24.5 Å². The maximum Gasteiger partial charge on any atom is 0.230 e. The minimum absolute atomic E-state index is 0.0645. The maximum atomic E-state index is 11.8. The maximum absolute atomic E-state index is 11.8. The molecular formula is C15H22N2O2S. The molecule has 1 aromatic rings. The molecule has 20 heavy (non-hydrogen) atoms. The summed E-state index contributed by atoms with van der Waals surface area (Å²) in [7, 11) is 0.